The van der Waals surface area contributed by atoms with E-state index >= 15 is 0 Å². The molecule has 5 heteroatoms. The fourth-order valence-corrected chi connectivity index (χ4v) is 7.61. The Morgan fingerprint density at radius 1 is 0.371 bits per heavy atom. The van der Waals surface area contributed by atoms with Gasteiger partial charge in [-0.15, -0.1) is 0 Å². The summed E-state index contributed by atoms with van der Waals surface area (Å²) in [6.45, 7) is 7.69. The van der Waals surface area contributed by atoms with E-state index in [-0.39, 0.29) is 25.2 Å². The lowest BCUT2D eigenvalue weighted by Gasteiger charge is -2.18. The van der Waals surface area contributed by atoms with Gasteiger partial charge >= 0.3 is 11.9 Å². The first-order valence-electron chi connectivity index (χ1n) is 26.8. The predicted octanol–water partition coefficient (Wildman–Crippen LogP) is 18.1. The lowest BCUT2D eigenvalue weighted by atomic mass is 10.0. The van der Waals surface area contributed by atoms with E-state index in [0.717, 1.165) is 70.6 Å². The molecule has 360 valence electrons. The van der Waals surface area contributed by atoms with Crippen molar-refractivity contribution in [1.29, 1.82) is 0 Å². The second kappa shape index (κ2) is 52.9. The fraction of sp³-hybridized carbons (Fsp3) is 0.789. The van der Waals surface area contributed by atoms with Crippen molar-refractivity contribution in [3.05, 3.63) is 60.8 Å². The van der Waals surface area contributed by atoms with Crippen molar-refractivity contribution in [2.75, 3.05) is 19.8 Å². The molecule has 0 amide bonds. The van der Waals surface area contributed by atoms with Gasteiger partial charge in [0.1, 0.15) is 6.61 Å². The van der Waals surface area contributed by atoms with Gasteiger partial charge in [0, 0.05) is 19.4 Å². The number of carbonyl (C=O) groups excluding carboxylic acids is 2. The van der Waals surface area contributed by atoms with Crippen molar-refractivity contribution < 1.29 is 23.8 Å². The minimum atomic E-state index is -0.555. The zero-order valence-corrected chi connectivity index (χ0v) is 41.4. The smallest absolute Gasteiger partial charge is 0.306 e. The number of esters is 2. The van der Waals surface area contributed by atoms with Crippen LogP contribution < -0.4 is 0 Å². The molecule has 0 fully saturated rings. The van der Waals surface area contributed by atoms with Crippen LogP contribution in [0, 0.1) is 0 Å². The Morgan fingerprint density at radius 2 is 0.726 bits per heavy atom. The van der Waals surface area contributed by atoms with Crippen LogP contribution in [-0.2, 0) is 23.8 Å². The van der Waals surface area contributed by atoms with Crippen LogP contribution in [-0.4, -0.2) is 37.9 Å². The summed E-state index contributed by atoms with van der Waals surface area (Å²) >= 11 is 0. The standard InChI is InChI=1S/C57H102O5/c1-4-7-10-13-16-19-22-25-27-29-30-33-35-38-41-44-47-50-56(58)61-54-55(62-57(59)51-48-45-42-39-36-32-24-21-18-15-12-9-6-3)53-60-52-49-46-43-40-37-34-31-28-26-23-20-17-14-11-8-5-2/h7,10,16,19,25,27,30,33,38,41,55H,4-6,8-9,11-15,17-18,20-24,26,28-29,31-32,34-37,39-40,42-54H2,1-3H3/b10-7-,19-16-,27-25-,33-30-,41-38-/t55-/m1/s1. The third kappa shape index (κ3) is 50.2. The maximum absolute atomic E-state index is 12.8. The maximum Gasteiger partial charge on any atom is 0.306 e. The molecule has 0 saturated heterocycles. The Hall–Kier alpha value is -2.40. The summed E-state index contributed by atoms with van der Waals surface area (Å²) in [5, 5.41) is 0. The molecule has 0 N–H and O–H groups in total. The van der Waals surface area contributed by atoms with Crippen LogP contribution in [0.2, 0.25) is 0 Å². The lowest BCUT2D eigenvalue weighted by Crippen LogP contribution is -2.30. The number of ether oxygens (including phenoxy) is 3. The first-order valence-corrected chi connectivity index (χ1v) is 26.8. The molecule has 1 atom stereocenters. The molecule has 0 aromatic heterocycles. The molecule has 62 heavy (non-hydrogen) atoms. The average molecular weight is 867 g/mol. The van der Waals surface area contributed by atoms with E-state index in [0.29, 0.717) is 19.4 Å². The second-order valence-corrected chi connectivity index (χ2v) is 17.8. The number of rotatable bonds is 49. The predicted molar refractivity (Wildman–Crippen MR) is 270 cm³/mol. The number of unbranched alkanes of at least 4 members (excludes halogenated alkanes) is 28. The number of allylic oxidation sites excluding steroid dienone is 10. The quantitative estimate of drug-likeness (QED) is 0.0346. The van der Waals surface area contributed by atoms with Crippen LogP contribution in [0.5, 0.6) is 0 Å². The van der Waals surface area contributed by atoms with Gasteiger partial charge < -0.3 is 14.2 Å². The molecule has 0 saturated carbocycles. The van der Waals surface area contributed by atoms with Gasteiger partial charge in [-0.25, -0.2) is 0 Å². The highest BCUT2D eigenvalue weighted by atomic mass is 16.6. The SMILES string of the molecule is CC/C=C\C/C=C\C/C=C\C/C=C\C/C=C\CCCC(=O)OC[C@@H](COCCCCCCCCCCCCCCCCCC)OC(=O)CCCCCCCCCCCCCCC. The largest absolute Gasteiger partial charge is 0.462 e. The van der Waals surface area contributed by atoms with Crippen LogP contribution in [0.1, 0.15) is 265 Å². The number of carbonyl (C=O) groups is 2. The highest BCUT2D eigenvalue weighted by Crippen LogP contribution is 2.16. The lowest BCUT2D eigenvalue weighted by molar-refractivity contribution is -0.163. The van der Waals surface area contributed by atoms with E-state index in [1.165, 1.54) is 161 Å². The van der Waals surface area contributed by atoms with E-state index < -0.39 is 6.10 Å². The topological polar surface area (TPSA) is 61.8 Å². The first kappa shape index (κ1) is 59.6. The Morgan fingerprint density at radius 3 is 1.15 bits per heavy atom. The van der Waals surface area contributed by atoms with Crippen LogP contribution in [0.15, 0.2) is 60.8 Å². The Labute approximate surface area is 385 Å². The van der Waals surface area contributed by atoms with Gasteiger partial charge in [-0.3, -0.25) is 9.59 Å². The van der Waals surface area contributed by atoms with Gasteiger partial charge in [0.25, 0.3) is 0 Å². The summed E-state index contributed by atoms with van der Waals surface area (Å²) in [7, 11) is 0. The molecule has 0 heterocycles. The maximum atomic E-state index is 12.8. The summed E-state index contributed by atoms with van der Waals surface area (Å²) in [5.41, 5.74) is 0. The molecule has 0 aromatic carbocycles. The zero-order valence-electron chi connectivity index (χ0n) is 41.4. The van der Waals surface area contributed by atoms with Gasteiger partial charge in [0.2, 0.25) is 0 Å². The third-order valence-electron chi connectivity index (χ3n) is 11.6. The summed E-state index contributed by atoms with van der Waals surface area (Å²) in [4.78, 5) is 25.4. The minimum absolute atomic E-state index is 0.0593. The van der Waals surface area contributed by atoms with E-state index in [2.05, 4.69) is 81.5 Å². The Bertz CT molecular complexity index is 1070. The summed E-state index contributed by atoms with van der Waals surface area (Å²) in [6.07, 6.45) is 66.6. The van der Waals surface area contributed by atoms with E-state index in [1.54, 1.807) is 0 Å². The van der Waals surface area contributed by atoms with Crippen molar-refractivity contribution in [3.8, 4) is 0 Å². The second-order valence-electron chi connectivity index (χ2n) is 17.8. The Kier molecular flexibility index (Phi) is 50.9. The normalized spacial score (nSPS) is 12.6. The van der Waals surface area contributed by atoms with Crippen molar-refractivity contribution in [1.82, 2.24) is 0 Å². The number of hydrogen-bond acceptors (Lipinski definition) is 5. The summed E-state index contributed by atoms with van der Waals surface area (Å²) in [5.74, 6) is -0.453. The van der Waals surface area contributed by atoms with Crippen LogP contribution in [0.25, 0.3) is 0 Å². The molecule has 0 bridgehead atoms. The van der Waals surface area contributed by atoms with Gasteiger partial charge in [-0.05, 0) is 57.8 Å². The first-order chi connectivity index (χ1) is 30.6. The molecular weight excluding hydrogens is 765 g/mol. The van der Waals surface area contributed by atoms with Crippen LogP contribution in [0.4, 0.5) is 0 Å². The summed E-state index contributed by atoms with van der Waals surface area (Å²) < 4.78 is 17.4. The van der Waals surface area contributed by atoms with Crippen molar-refractivity contribution >= 4 is 11.9 Å². The van der Waals surface area contributed by atoms with Crippen LogP contribution in [0.3, 0.4) is 0 Å². The van der Waals surface area contributed by atoms with Crippen molar-refractivity contribution in [2.45, 2.75) is 271 Å². The molecule has 0 aliphatic rings. The van der Waals surface area contributed by atoms with E-state index in [1.807, 2.05) is 0 Å². The monoisotopic (exact) mass is 867 g/mol. The molecule has 5 nitrogen and oxygen atoms in total. The minimum Gasteiger partial charge on any atom is -0.462 e. The molecule has 0 aliphatic carbocycles. The van der Waals surface area contributed by atoms with Gasteiger partial charge in [-0.1, -0.05) is 255 Å². The number of hydrogen-bond donors (Lipinski definition) is 0. The van der Waals surface area contributed by atoms with Crippen molar-refractivity contribution in [3.63, 3.8) is 0 Å². The highest BCUT2D eigenvalue weighted by Gasteiger charge is 2.17. The fourth-order valence-electron chi connectivity index (χ4n) is 7.61. The average Bonchev–Trinajstić information content (AvgIpc) is 3.27. The van der Waals surface area contributed by atoms with E-state index in [9.17, 15) is 9.59 Å². The molecule has 0 aromatic rings. The molecule has 0 rings (SSSR count). The molecule has 0 unspecified atom stereocenters. The van der Waals surface area contributed by atoms with Crippen molar-refractivity contribution in [2.24, 2.45) is 0 Å². The van der Waals surface area contributed by atoms with Gasteiger partial charge in [-0.2, -0.15) is 0 Å². The molecule has 0 spiro atoms. The molecule has 0 radical (unpaired) electrons. The molecular formula is C57H102O5. The zero-order chi connectivity index (χ0) is 44.9. The third-order valence-corrected chi connectivity index (χ3v) is 11.6. The summed E-state index contributed by atoms with van der Waals surface area (Å²) in [6, 6.07) is 0. The van der Waals surface area contributed by atoms with E-state index in [4.69, 9.17) is 14.2 Å². The molecule has 0 aliphatic heterocycles. The van der Waals surface area contributed by atoms with Gasteiger partial charge in [0.05, 0.1) is 6.61 Å². The highest BCUT2D eigenvalue weighted by molar-refractivity contribution is 5.70. The Balaban J connectivity index is 4.32. The van der Waals surface area contributed by atoms with Crippen LogP contribution >= 0.6 is 0 Å². The van der Waals surface area contributed by atoms with Gasteiger partial charge in [0.15, 0.2) is 6.10 Å².